The Kier molecular flexibility index (Phi) is 6.47. The standard InChI is InChI=1S/C25H13F5N2O3S/c26-16-5-4-15(19(27)9-16)12-32-20(10-18(25(28,29)30)17(11-31)23(32)33)22-7-6-21(36-22)13-2-1-3-14(8-13)24(34)35/h1-10H,12H2,(H,34,35). The van der Waals surface area contributed by atoms with Gasteiger partial charge in [0.15, 0.2) is 0 Å². The van der Waals surface area contributed by atoms with Crippen molar-refractivity contribution < 1.29 is 31.9 Å². The summed E-state index contributed by atoms with van der Waals surface area (Å²) in [6.45, 7) is -0.561. The second kappa shape index (κ2) is 9.39. The summed E-state index contributed by atoms with van der Waals surface area (Å²) in [5, 5.41) is 18.5. The first-order valence-electron chi connectivity index (χ1n) is 10.1. The zero-order valence-corrected chi connectivity index (χ0v) is 18.8. The van der Waals surface area contributed by atoms with Gasteiger partial charge in [-0.1, -0.05) is 18.2 Å². The molecule has 0 unspecified atom stereocenters. The molecular formula is C25H13F5N2O3S. The minimum atomic E-state index is -5.02. The van der Waals surface area contributed by atoms with Gasteiger partial charge in [-0.3, -0.25) is 4.79 Å². The molecule has 0 spiro atoms. The molecule has 0 fully saturated rings. The molecule has 11 heteroatoms. The molecule has 4 aromatic rings. The van der Waals surface area contributed by atoms with Crippen molar-refractivity contribution in [2.24, 2.45) is 0 Å². The largest absolute Gasteiger partial charge is 0.478 e. The number of nitriles is 1. The Morgan fingerprint density at radius 3 is 2.39 bits per heavy atom. The minimum Gasteiger partial charge on any atom is -0.478 e. The van der Waals surface area contributed by atoms with E-state index in [-0.39, 0.29) is 21.7 Å². The monoisotopic (exact) mass is 516 g/mol. The molecule has 2 aromatic heterocycles. The van der Waals surface area contributed by atoms with Gasteiger partial charge in [-0.05, 0) is 42.0 Å². The number of carboxylic acids is 1. The molecule has 36 heavy (non-hydrogen) atoms. The summed E-state index contributed by atoms with van der Waals surface area (Å²) in [5.41, 5.74) is -3.80. The van der Waals surface area contributed by atoms with E-state index in [9.17, 15) is 41.9 Å². The number of aromatic nitrogens is 1. The molecule has 0 aliphatic rings. The first kappa shape index (κ1) is 24.8. The average Bonchev–Trinajstić information content (AvgIpc) is 3.31. The van der Waals surface area contributed by atoms with E-state index in [2.05, 4.69) is 0 Å². The number of hydrogen-bond donors (Lipinski definition) is 1. The molecule has 4 rings (SSSR count). The molecule has 0 radical (unpaired) electrons. The average molecular weight is 516 g/mol. The van der Waals surface area contributed by atoms with E-state index in [0.29, 0.717) is 22.6 Å². The second-order valence-electron chi connectivity index (χ2n) is 7.60. The minimum absolute atomic E-state index is 0.00359. The van der Waals surface area contributed by atoms with E-state index in [4.69, 9.17) is 0 Å². The van der Waals surface area contributed by atoms with Crippen LogP contribution in [-0.4, -0.2) is 15.6 Å². The fourth-order valence-corrected chi connectivity index (χ4v) is 4.62. The van der Waals surface area contributed by atoms with Crippen molar-refractivity contribution in [2.75, 3.05) is 0 Å². The molecule has 0 saturated carbocycles. The molecule has 2 heterocycles. The number of rotatable bonds is 5. The van der Waals surface area contributed by atoms with Gasteiger partial charge in [-0.15, -0.1) is 11.3 Å². The highest BCUT2D eigenvalue weighted by Crippen LogP contribution is 2.38. The molecule has 0 aliphatic carbocycles. The number of carboxylic acid groups (broad SMARTS) is 1. The van der Waals surface area contributed by atoms with Crippen LogP contribution in [0.1, 0.15) is 27.0 Å². The maximum atomic E-state index is 14.3. The molecule has 0 saturated heterocycles. The van der Waals surface area contributed by atoms with Crippen LogP contribution in [0.4, 0.5) is 22.0 Å². The number of hydrogen-bond acceptors (Lipinski definition) is 4. The zero-order valence-electron chi connectivity index (χ0n) is 17.9. The predicted molar refractivity (Wildman–Crippen MR) is 122 cm³/mol. The lowest BCUT2D eigenvalue weighted by atomic mass is 10.1. The summed E-state index contributed by atoms with van der Waals surface area (Å²) < 4.78 is 69.7. The van der Waals surface area contributed by atoms with Crippen molar-refractivity contribution in [3.05, 3.63) is 105 Å². The Morgan fingerprint density at radius 1 is 1.03 bits per heavy atom. The molecule has 0 atom stereocenters. The van der Waals surface area contributed by atoms with Gasteiger partial charge in [0.1, 0.15) is 23.3 Å². The van der Waals surface area contributed by atoms with Crippen LogP contribution in [0.25, 0.3) is 21.0 Å². The predicted octanol–water partition coefficient (Wildman–Crippen LogP) is 6.16. The highest BCUT2D eigenvalue weighted by molar-refractivity contribution is 7.18. The summed E-state index contributed by atoms with van der Waals surface area (Å²) in [7, 11) is 0. The fourth-order valence-electron chi connectivity index (χ4n) is 3.60. The van der Waals surface area contributed by atoms with Crippen molar-refractivity contribution in [3.63, 3.8) is 0 Å². The molecule has 1 N–H and O–H groups in total. The Labute approximate surface area is 203 Å². The lowest BCUT2D eigenvalue weighted by Gasteiger charge is -2.17. The maximum Gasteiger partial charge on any atom is 0.417 e. The smallest absolute Gasteiger partial charge is 0.417 e. The molecule has 0 amide bonds. The third-order valence-corrected chi connectivity index (χ3v) is 6.47. The normalized spacial score (nSPS) is 11.3. The van der Waals surface area contributed by atoms with Crippen molar-refractivity contribution in [1.82, 2.24) is 4.57 Å². The number of halogens is 5. The molecule has 2 aromatic carbocycles. The van der Waals surface area contributed by atoms with Gasteiger partial charge in [0.05, 0.1) is 28.2 Å². The van der Waals surface area contributed by atoms with Crippen LogP contribution in [0.15, 0.2) is 65.5 Å². The fraction of sp³-hybridized carbons (Fsp3) is 0.0800. The topological polar surface area (TPSA) is 83.1 Å². The highest BCUT2D eigenvalue weighted by atomic mass is 32.1. The third kappa shape index (κ3) is 4.76. The van der Waals surface area contributed by atoms with E-state index in [0.717, 1.165) is 28.0 Å². The van der Waals surface area contributed by atoms with E-state index < -0.39 is 47.0 Å². The third-order valence-electron chi connectivity index (χ3n) is 5.31. The number of pyridine rings is 1. The number of alkyl halides is 3. The quantitative estimate of drug-likeness (QED) is 0.322. The van der Waals surface area contributed by atoms with Crippen molar-refractivity contribution in [3.8, 4) is 27.1 Å². The van der Waals surface area contributed by atoms with Crippen LogP contribution in [0.5, 0.6) is 0 Å². The van der Waals surface area contributed by atoms with Gasteiger partial charge in [0.25, 0.3) is 5.56 Å². The first-order valence-corrected chi connectivity index (χ1v) is 10.9. The zero-order chi connectivity index (χ0) is 26.2. The highest BCUT2D eigenvalue weighted by Gasteiger charge is 2.36. The SMILES string of the molecule is N#Cc1c(C(F)(F)F)cc(-c2ccc(-c3cccc(C(=O)O)c3)s2)n(Cc2ccc(F)cc2F)c1=O. The van der Waals surface area contributed by atoms with E-state index >= 15 is 0 Å². The van der Waals surface area contributed by atoms with E-state index in [1.165, 1.54) is 30.3 Å². The number of nitrogens with zero attached hydrogens (tertiary/aromatic N) is 2. The van der Waals surface area contributed by atoms with E-state index in [1.807, 2.05) is 0 Å². The second-order valence-corrected chi connectivity index (χ2v) is 8.69. The van der Waals surface area contributed by atoms with Crippen LogP contribution >= 0.6 is 11.3 Å². The lowest BCUT2D eigenvalue weighted by Crippen LogP contribution is -2.28. The maximum absolute atomic E-state index is 14.3. The van der Waals surface area contributed by atoms with Crippen LogP contribution < -0.4 is 5.56 Å². The first-order chi connectivity index (χ1) is 17.0. The Morgan fingerprint density at radius 2 is 1.75 bits per heavy atom. The van der Waals surface area contributed by atoms with Gasteiger partial charge in [-0.2, -0.15) is 18.4 Å². The molecule has 0 aliphatic heterocycles. The molecule has 182 valence electrons. The van der Waals surface area contributed by atoms with Crippen LogP contribution in [-0.2, 0) is 12.7 Å². The van der Waals surface area contributed by atoms with Gasteiger partial charge in [0.2, 0.25) is 0 Å². The molecular weight excluding hydrogens is 503 g/mol. The number of aromatic carboxylic acids is 1. The van der Waals surface area contributed by atoms with Gasteiger partial charge in [0, 0.05) is 16.5 Å². The number of thiophene rings is 1. The lowest BCUT2D eigenvalue weighted by molar-refractivity contribution is -0.137. The summed E-state index contributed by atoms with van der Waals surface area (Å²) in [5.74, 6) is -3.05. The van der Waals surface area contributed by atoms with Crippen LogP contribution in [0.3, 0.4) is 0 Å². The summed E-state index contributed by atoms with van der Waals surface area (Å²) in [4.78, 5) is 25.0. The Balaban J connectivity index is 1.93. The number of carbonyl (C=O) groups is 1. The summed E-state index contributed by atoms with van der Waals surface area (Å²) >= 11 is 0.976. The van der Waals surface area contributed by atoms with Crippen LogP contribution in [0.2, 0.25) is 0 Å². The van der Waals surface area contributed by atoms with Gasteiger partial charge >= 0.3 is 12.1 Å². The number of benzene rings is 2. The van der Waals surface area contributed by atoms with Crippen molar-refractivity contribution in [2.45, 2.75) is 12.7 Å². The Hall–Kier alpha value is -4.30. The summed E-state index contributed by atoms with van der Waals surface area (Å²) in [6, 6.07) is 13.4. The molecule has 5 nitrogen and oxygen atoms in total. The van der Waals surface area contributed by atoms with Gasteiger partial charge in [-0.25, -0.2) is 13.6 Å². The Bertz CT molecular complexity index is 1600. The van der Waals surface area contributed by atoms with Crippen LogP contribution in [0, 0.1) is 23.0 Å². The van der Waals surface area contributed by atoms with E-state index in [1.54, 1.807) is 12.1 Å². The van der Waals surface area contributed by atoms with Gasteiger partial charge < -0.3 is 9.67 Å². The van der Waals surface area contributed by atoms with Crippen molar-refractivity contribution in [1.29, 1.82) is 5.26 Å². The molecule has 0 bridgehead atoms. The summed E-state index contributed by atoms with van der Waals surface area (Å²) in [6.07, 6.45) is -5.02. The van der Waals surface area contributed by atoms with Crippen molar-refractivity contribution >= 4 is 17.3 Å².